The van der Waals surface area contributed by atoms with Crippen LogP contribution >= 0.6 is 0 Å². The first-order valence-corrected chi connectivity index (χ1v) is 7.62. The summed E-state index contributed by atoms with van der Waals surface area (Å²) in [5, 5.41) is 0. The molecule has 0 bridgehead atoms. The highest BCUT2D eigenvalue weighted by Gasteiger charge is 2.27. The third-order valence-corrected chi connectivity index (χ3v) is 3.87. The molecule has 0 spiro atoms. The maximum Gasteiger partial charge on any atom is 0.257 e. The summed E-state index contributed by atoms with van der Waals surface area (Å²) in [6.07, 6.45) is 3.63. The minimum atomic E-state index is -0.0222. The molecule has 0 unspecified atom stereocenters. The van der Waals surface area contributed by atoms with Crippen molar-refractivity contribution in [3.63, 3.8) is 0 Å². The molecule has 5 heteroatoms. The van der Waals surface area contributed by atoms with Gasteiger partial charge >= 0.3 is 0 Å². The zero-order chi connectivity index (χ0) is 15.9. The molecule has 5 nitrogen and oxygen atoms in total. The lowest BCUT2D eigenvalue weighted by atomic mass is 10.1. The molecule has 0 radical (unpaired) electrons. The van der Waals surface area contributed by atoms with Crippen molar-refractivity contribution in [1.29, 1.82) is 0 Å². The molecule has 1 fully saturated rings. The number of ether oxygens (including phenoxy) is 2. The largest absolute Gasteiger partial charge is 0.497 e. The number of amides is 1. The van der Waals surface area contributed by atoms with Crippen LogP contribution in [0.2, 0.25) is 0 Å². The fraction of sp³-hybridized carbons (Fsp3) is 0.471. The van der Waals surface area contributed by atoms with E-state index in [1.807, 2.05) is 11.0 Å². The second-order valence-electron chi connectivity index (χ2n) is 5.39. The van der Waals surface area contributed by atoms with E-state index in [4.69, 9.17) is 15.2 Å². The van der Waals surface area contributed by atoms with Gasteiger partial charge in [0.05, 0.1) is 19.3 Å². The third kappa shape index (κ3) is 3.80. The average Bonchev–Trinajstić information content (AvgIpc) is 3.03. The van der Waals surface area contributed by atoms with Crippen LogP contribution in [0.3, 0.4) is 0 Å². The van der Waals surface area contributed by atoms with E-state index in [1.165, 1.54) is 0 Å². The molecule has 1 heterocycles. The summed E-state index contributed by atoms with van der Waals surface area (Å²) in [5.41, 5.74) is 6.02. The van der Waals surface area contributed by atoms with Gasteiger partial charge in [-0.3, -0.25) is 4.79 Å². The van der Waals surface area contributed by atoms with Crippen molar-refractivity contribution in [2.45, 2.75) is 12.8 Å². The van der Waals surface area contributed by atoms with Crippen molar-refractivity contribution < 1.29 is 14.3 Å². The van der Waals surface area contributed by atoms with E-state index in [0.717, 1.165) is 19.4 Å². The molecule has 1 amide bonds. The number of benzene rings is 1. The topological polar surface area (TPSA) is 64.8 Å². The van der Waals surface area contributed by atoms with Crippen molar-refractivity contribution >= 4 is 5.91 Å². The predicted molar refractivity (Wildman–Crippen MR) is 86.4 cm³/mol. The number of carbonyl (C=O) groups is 1. The Balaban J connectivity index is 2.18. The third-order valence-electron chi connectivity index (χ3n) is 3.87. The van der Waals surface area contributed by atoms with Gasteiger partial charge in [-0.1, -0.05) is 6.08 Å². The smallest absolute Gasteiger partial charge is 0.257 e. The quantitative estimate of drug-likeness (QED) is 0.618. The van der Waals surface area contributed by atoms with Gasteiger partial charge in [-0.25, -0.2) is 0 Å². The molecule has 1 aromatic carbocycles. The average molecular weight is 304 g/mol. The van der Waals surface area contributed by atoms with Crippen molar-refractivity contribution in [1.82, 2.24) is 4.90 Å². The maximum atomic E-state index is 12.8. The molecule has 1 aliphatic rings. The summed E-state index contributed by atoms with van der Waals surface area (Å²) in [7, 11) is 1.59. The van der Waals surface area contributed by atoms with E-state index in [2.05, 4.69) is 6.58 Å². The SMILES string of the molecule is C=C[C@H]1CCN(C(=O)c2cc(OC)ccc2OCCCN)C1. The van der Waals surface area contributed by atoms with Crippen LogP contribution < -0.4 is 15.2 Å². The fourth-order valence-electron chi connectivity index (χ4n) is 2.53. The summed E-state index contributed by atoms with van der Waals surface area (Å²) >= 11 is 0. The monoisotopic (exact) mass is 304 g/mol. The minimum absolute atomic E-state index is 0.0222. The Labute approximate surface area is 131 Å². The van der Waals surface area contributed by atoms with E-state index in [1.54, 1.807) is 25.3 Å². The van der Waals surface area contributed by atoms with Crippen LogP contribution in [-0.2, 0) is 0 Å². The van der Waals surface area contributed by atoms with E-state index in [9.17, 15) is 4.79 Å². The van der Waals surface area contributed by atoms with Gasteiger partial charge in [-0.2, -0.15) is 0 Å². The molecule has 0 aliphatic carbocycles. The number of hydrogen-bond acceptors (Lipinski definition) is 4. The zero-order valence-electron chi connectivity index (χ0n) is 13.1. The lowest BCUT2D eigenvalue weighted by molar-refractivity contribution is 0.0784. The molecule has 1 aliphatic heterocycles. The summed E-state index contributed by atoms with van der Waals surface area (Å²) in [4.78, 5) is 14.6. The molecule has 2 N–H and O–H groups in total. The Bertz CT molecular complexity index is 531. The minimum Gasteiger partial charge on any atom is -0.497 e. The maximum absolute atomic E-state index is 12.8. The first kappa shape index (κ1) is 16.4. The van der Waals surface area contributed by atoms with Crippen LogP contribution in [-0.4, -0.2) is 44.2 Å². The number of likely N-dealkylation sites (tertiary alicyclic amines) is 1. The van der Waals surface area contributed by atoms with Crippen LogP contribution in [0.1, 0.15) is 23.2 Å². The van der Waals surface area contributed by atoms with Crippen LogP contribution in [0.15, 0.2) is 30.9 Å². The second-order valence-corrected chi connectivity index (χ2v) is 5.39. The fourth-order valence-corrected chi connectivity index (χ4v) is 2.53. The first-order valence-electron chi connectivity index (χ1n) is 7.62. The van der Waals surface area contributed by atoms with Crippen LogP contribution in [0.25, 0.3) is 0 Å². The van der Waals surface area contributed by atoms with Gasteiger partial charge in [0.15, 0.2) is 0 Å². The molecular formula is C17H24N2O3. The molecule has 1 atom stereocenters. The second kappa shape index (κ2) is 7.84. The highest BCUT2D eigenvalue weighted by molar-refractivity contribution is 5.97. The molecule has 1 saturated heterocycles. The summed E-state index contributed by atoms with van der Waals surface area (Å²) in [6, 6.07) is 5.32. The number of nitrogens with zero attached hydrogens (tertiary/aromatic N) is 1. The van der Waals surface area contributed by atoms with Gasteiger partial charge in [0.2, 0.25) is 0 Å². The van der Waals surface area contributed by atoms with Gasteiger partial charge in [0.1, 0.15) is 11.5 Å². The van der Waals surface area contributed by atoms with Crippen molar-refractivity contribution in [3.05, 3.63) is 36.4 Å². The standard InChI is InChI=1S/C17H24N2O3/c1-3-13-7-9-19(12-13)17(20)15-11-14(21-2)5-6-16(15)22-10-4-8-18/h3,5-6,11,13H,1,4,7-10,12,18H2,2H3/t13-/m0/s1. The van der Waals surface area contributed by atoms with E-state index in [-0.39, 0.29) is 5.91 Å². The summed E-state index contributed by atoms with van der Waals surface area (Å²) in [5.74, 6) is 1.58. The van der Waals surface area contributed by atoms with Crippen LogP contribution in [0, 0.1) is 5.92 Å². The van der Waals surface area contributed by atoms with Crippen LogP contribution in [0.4, 0.5) is 0 Å². The normalized spacial score (nSPS) is 17.4. The molecule has 120 valence electrons. The van der Waals surface area contributed by atoms with Crippen molar-refractivity contribution in [2.24, 2.45) is 11.7 Å². The van der Waals surface area contributed by atoms with Crippen molar-refractivity contribution in [2.75, 3.05) is 33.4 Å². The van der Waals surface area contributed by atoms with Gasteiger partial charge in [-0.15, -0.1) is 6.58 Å². The number of hydrogen-bond donors (Lipinski definition) is 1. The lowest BCUT2D eigenvalue weighted by Gasteiger charge is -2.19. The van der Waals surface area contributed by atoms with Gasteiger partial charge < -0.3 is 20.1 Å². The highest BCUT2D eigenvalue weighted by atomic mass is 16.5. The molecule has 2 rings (SSSR count). The van der Waals surface area contributed by atoms with Gasteiger partial charge in [0, 0.05) is 13.1 Å². The molecular weight excluding hydrogens is 280 g/mol. The highest BCUT2D eigenvalue weighted by Crippen LogP contribution is 2.28. The number of carbonyl (C=O) groups excluding carboxylic acids is 1. The van der Waals surface area contributed by atoms with Crippen molar-refractivity contribution in [3.8, 4) is 11.5 Å². The van der Waals surface area contributed by atoms with E-state index >= 15 is 0 Å². The Kier molecular flexibility index (Phi) is 5.83. The lowest BCUT2D eigenvalue weighted by Crippen LogP contribution is -2.29. The number of methoxy groups -OCH3 is 1. The van der Waals surface area contributed by atoms with Crippen LogP contribution in [0.5, 0.6) is 11.5 Å². The Morgan fingerprint density at radius 2 is 2.36 bits per heavy atom. The molecule has 1 aromatic rings. The number of rotatable bonds is 7. The van der Waals surface area contributed by atoms with E-state index < -0.39 is 0 Å². The van der Waals surface area contributed by atoms with E-state index in [0.29, 0.717) is 42.7 Å². The Morgan fingerprint density at radius 1 is 1.55 bits per heavy atom. The summed E-state index contributed by atoms with van der Waals surface area (Å²) < 4.78 is 10.9. The van der Waals surface area contributed by atoms with Gasteiger partial charge in [-0.05, 0) is 43.5 Å². The van der Waals surface area contributed by atoms with Gasteiger partial charge in [0.25, 0.3) is 5.91 Å². The molecule has 22 heavy (non-hydrogen) atoms. The summed E-state index contributed by atoms with van der Waals surface area (Å²) in [6.45, 7) is 6.33. The molecule has 0 saturated carbocycles. The Hall–Kier alpha value is -2.01. The zero-order valence-corrected chi connectivity index (χ0v) is 13.1. The first-order chi connectivity index (χ1) is 10.7. The Morgan fingerprint density at radius 3 is 3.00 bits per heavy atom. The molecule has 0 aromatic heterocycles. The number of nitrogens with two attached hydrogens (primary N) is 1. The predicted octanol–water partition coefficient (Wildman–Crippen LogP) is 2.07.